The molecule has 3 nitrogen and oxygen atoms in total. The molecule has 0 saturated carbocycles. The number of carbonyl (C=O) groups excluding carboxylic acids is 1. The average molecular weight is 244 g/mol. The Kier molecular flexibility index (Phi) is 5.62. The minimum absolute atomic E-state index is 0.146. The van der Waals surface area contributed by atoms with E-state index in [9.17, 15) is 4.79 Å². The topological polar surface area (TPSA) is 46.3 Å². The number of amides is 1. The van der Waals surface area contributed by atoms with Crippen molar-refractivity contribution < 1.29 is 4.79 Å². The molecular weight excluding hydrogens is 220 g/mol. The standard InChI is InChI=1S/C12H24N2OS/c1-4-10-8-14(5-6-16-10)12(15)11(13)7-9(2)3/h9-11H,4-8,13H2,1-3H3. The molecule has 1 aliphatic heterocycles. The summed E-state index contributed by atoms with van der Waals surface area (Å²) in [6.45, 7) is 8.14. The summed E-state index contributed by atoms with van der Waals surface area (Å²) in [6.07, 6.45) is 1.92. The summed E-state index contributed by atoms with van der Waals surface area (Å²) in [5, 5.41) is 0.601. The van der Waals surface area contributed by atoms with E-state index in [1.54, 1.807) is 0 Å². The Hall–Kier alpha value is -0.220. The number of carbonyl (C=O) groups is 1. The molecule has 1 heterocycles. The number of nitrogens with zero attached hydrogens (tertiary/aromatic N) is 1. The predicted molar refractivity (Wildman–Crippen MR) is 70.5 cm³/mol. The second-order valence-electron chi connectivity index (χ2n) is 4.92. The van der Waals surface area contributed by atoms with Crippen LogP contribution in [0.3, 0.4) is 0 Å². The van der Waals surface area contributed by atoms with Gasteiger partial charge in [-0.2, -0.15) is 11.8 Å². The molecule has 1 saturated heterocycles. The fourth-order valence-electron chi connectivity index (χ4n) is 2.01. The molecule has 0 aliphatic carbocycles. The van der Waals surface area contributed by atoms with Gasteiger partial charge in [-0.3, -0.25) is 4.79 Å². The molecule has 0 radical (unpaired) electrons. The van der Waals surface area contributed by atoms with E-state index < -0.39 is 0 Å². The van der Waals surface area contributed by atoms with Crippen LogP contribution in [0.4, 0.5) is 0 Å². The van der Waals surface area contributed by atoms with Gasteiger partial charge in [0.25, 0.3) is 0 Å². The highest BCUT2D eigenvalue weighted by Crippen LogP contribution is 2.21. The minimum atomic E-state index is -0.305. The lowest BCUT2D eigenvalue weighted by atomic mass is 10.0. The lowest BCUT2D eigenvalue weighted by Crippen LogP contribution is -2.49. The maximum Gasteiger partial charge on any atom is 0.239 e. The van der Waals surface area contributed by atoms with E-state index in [4.69, 9.17) is 5.73 Å². The number of hydrogen-bond donors (Lipinski definition) is 1. The van der Waals surface area contributed by atoms with E-state index in [2.05, 4.69) is 20.8 Å². The van der Waals surface area contributed by atoms with Crippen LogP contribution in [0.25, 0.3) is 0 Å². The normalized spacial score (nSPS) is 23.6. The highest BCUT2D eigenvalue weighted by atomic mass is 32.2. The minimum Gasteiger partial charge on any atom is -0.339 e. The molecule has 4 heteroatoms. The molecule has 0 spiro atoms. The Labute approximate surface area is 103 Å². The summed E-state index contributed by atoms with van der Waals surface area (Å²) < 4.78 is 0. The van der Waals surface area contributed by atoms with Gasteiger partial charge < -0.3 is 10.6 Å². The third kappa shape index (κ3) is 3.98. The van der Waals surface area contributed by atoms with E-state index in [0.29, 0.717) is 11.2 Å². The molecule has 0 bridgehead atoms. The summed E-state index contributed by atoms with van der Waals surface area (Å²) in [5.74, 6) is 1.69. The van der Waals surface area contributed by atoms with Crippen molar-refractivity contribution in [2.24, 2.45) is 11.7 Å². The molecule has 2 unspecified atom stereocenters. The lowest BCUT2D eigenvalue weighted by molar-refractivity contribution is -0.132. The van der Waals surface area contributed by atoms with Crippen LogP contribution in [0.2, 0.25) is 0 Å². The van der Waals surface area contributed by atoms with Crippen LogP contribution in [0, 0.1) is 5.92 Å². The zero-order valence-electron chi connectivity index (χ0n) is 10.6. The molecule has 1 rings (SSSR count). The van der Waals surface area contributed by atoms with Crippen LogP contribution >= 0.6 is 11.8 Å². The van der Waals surface area contributed by atoms with Gasteiger partial charge in [-0.15, -0.1) is 0 Å². The van der Waals surface area contributed by atoms with Crippen molar-refractivity contribution in [2.75, 3.05) is 18.8 Å². The van der Waals surface area contributed by atoms with Crippen molar-refractivity contribution in [1.82, 2.24) is 4.90 Å². The maximum absolute atomic E-state index is 12.1. The summed E-state index contributed by atoms with van der Waals surface area (Å²) in [5.41, 5.74) is 5.94. The molecule has 94 valence electrons. The van der Waals surface area contributed by atoms with Gasteiger partial charge in [0.2, 0.25) is 5.91 Å². The van der Waals surface area contributed by atoms with Crippen molar-refractivity contribution in [3.63, 3.8) is 0 Å². The van der Waals surface area contributed by atoms with Crippen molar-refractivity contribution in [3.05, 3.63) is 0 Å². The molecule has 1 aliphatic rings. The van der Waals surface area contributed by atoms with Gasteiger partial charge >= 0.3 is 0 Å². The summed E-state index contributed by atoms with van der Waals surface area (Å²) >= 11 is 1.98. The number of rotatable bonds is 4. The second kappa shape index (κ2) is 6.50. The fourth-order valence-corrected chi connectivity index (χ4v) is 3.19. The molecule has 2 N–H and O–H groups in total. The van der Waals surface area contributed by atoms with E-state index >= 15 is 0 Å². The molecule has 0 aromatic heterocycles. The molecule has 16 heavy (non-hydrogen) atoms. The van der Waals surface area contributed by atoms with Crippen molar-refractivity contribution in [1.29, 1.82) is 0 Å². The molecule has 1 fully saturated rings. The maximum atomic E-state index is 12.1. The zero-order valence-corrected chi connectivity index (χ0v) is 11.4. The average Bonchev–Trinajstić information content (AvgIpc) is 2.27. The van der Waals surface area contributed by atoms with Crippen molar-refractivity contribution in [2.45, 2.75) is 44.9 Å². The van der Waals surface area contributed by atoms with E-state index in [0.717, 1.165) is 31.7 Å². The first kappa shape index (κ1) is 13.8. The van der Waals surface area contributed by atoms with Gasteiger partial charge in [-0.1, -0.05) is 20.8 Å². The fraction of sp³-hybridized carbons (Fsp3) is 0.917. The van der Waals surface area contributed by atoms with E-state index in [1.165, 1.54) is 0 Å². The molecule has 1 amide bonds. The largest absolute Gasteiger partial charge is 0.339 e. The third-order valence-electron chi connectivity index (χ3n) is 2.95. The van der Waals surface area contributed by atoms with Gasteiger partial charge in [0.05, 0.1) is 6.04 Å². The van der Waals surface area contributed by atoms with Gasteiger partial charge in [-0.25, -0.2) is 0 Å². The van der Waals surface area contributed by atoms with Gasteiger partial charge in [-0.05, 0) is 18.8 Å². The zero-order chi connectivity index (χ0) is 12.1. The number of nitrogens with two attached hydrogens (primary N) is 1. The first-order valence-electron chi connectivity index (χ1n) is 6.20. The molecular formula is C12H24N2OS. The van der Waals surface area contributed by atoms with Gasteiger partial charge in [0.1, 0.15) is 0 Å². The Balaban J connectivity index is 2.46. The first-order valence-corrected chi connectivity index (χ1v) is 7.25. The summed E-state index contributed by atoms with van der Waals surface area (Å²) in [7, 11) is 0. The van der Waals surface area contributed by atoms with Crippen LogP contribution in [0.15, 0.2) is 0 Å². The van der Waals surface area contributed by atoms with Crippen LogP contribution < -0.4 is 5.73 Å². The third-order valence-corrected chi connectivity index (χ3v) is 4.32. The van der Waals surface area contributed by atoms with Gasteiger partial charge in [0.15, 0.2) is 0 Å². The van der Waals surface area contributed by atoms with Crippen molar-refractivity contribution in [3.8, 4) is 0 Å². The van der Waals surface area contributed by atoms with Crippen LogP contribution in [-0.2, 0) is 4.79 Å². The molecule has 2 atom stereocenters. The molecule has 0 aromatic carbocycles. The lowest BCUT2D eigenvalue weighted by Gasteiger charge is -2.33. The van der Waals surface area contributed by atoms with Crippen LogP contribution in [-0.4, -0.2) is 40.9 Å². The molecule has 0 aromatic rings. The smallest absolute Gasteiger partial charge is 0.239 e. The monoisotopic (exact) mass is 244 g/mol. The van der Waals surface area contributed by atoms with Crippen molar-refractivity contribution >= 4 is 17.7 Å². The summed E-state index contributed by atoms with van der Waals surface area (Å²) in [4.78, 5) is 14.0. The predicted octanol–water partition coefficient (Wildman–Crippen LogP) is 1.71. The quantitative estimate of drug-likeness (QED) is 0.819. The Bertz CT molecular complexity index is 233. The van der Waals surface area contributed by atoms with E-state index in [1.807, 2.05) is 16.7 Å². The summed E-state index contributed by atoms with van der Waals surface area (Å²) in [6, 6.07) is -0.305. The SMILES string of the molecule is CCC1CN(C(=O)C(N)CC(C)C)CCS1. The highest BCUT2D eigenvalue weighted by molar-refractivity contribution is 8.00. The first-order chi connectivity index (χ1) is 7.54. The number of hydrogen-bond acceptors (Lipinski definition) is 3. The van der Waals surface area contributed by atoms with E-state index in [-0.39, 0.29) is 11.9 Å². The number of thioether (sulfide) groups is 1. The highest BCUT2D eigenvalue weighted by Gasteiger charge is 2.26. The Morgan fingerprint density at radius 1 is 1.56 bits per heavy atom. The Morgan fingerprint density at radius 2 is 2.25 bits per heavy atom. The second-order valence-corrected chi connectivity index (χ2v) is 6.33. The van der Waals surface area contributed by atoms with Gasteiger partial charge in [0, 0.05) is 24.1 Å². The van der Waals surface area contributed by atoms with Crippen LogP contribution in [0.5, 0.6) is 0 Å². The van der Waals surface area contributed by atoms with Crippen LogP contribution in [0.1, 0.15) is 33.6 Å². The Morgan fingerprint density at radius 3 is 2.81 bits per heavy atom.